The average Bonchev–Trinajstić information content (AvgIpc) is 2.61. The van der Waals surface area contributed by atoms with Crippen molar-refractivity contribution in [1.82, 2.24) is 0 Å². The summed E-state index contributed by atoms with van der Waals surface area (Å²) in [6.07, 6.45) is 0. The molecule has 1 aromatic rings. The van der Waals surface area contributed by atoms with Crippen LogP contribution < -0.4 is 5.26 Å². The van der Waals surface area contributed by atoms with E-state index in [9.17, 15) is 24.8 Å². The first-order valence-electron chi connectivity index (χ1n) is 7.03. The van der Waals surface area contributed by atoms with Crippen LogP contribution in [0.2, 0.25) is 5.02 Å². The Kier molecular flexibility index (Phi) is 10.1. The topological polar surface area (TPSA) is 167 Å². The highest BCUT2D eigenvalue weighted by atomic mass is 35.5. The third-order valence-electron chi connectivity index (χ3n) is 3.36. The summed E-state index contributed by atoms with van der Waals surface area (Å²) in [4.78, 5) is 43.1. The molecule has 0 fully saturated rings. The summed E-state index contributed by atoms with van der Waals surface area (Å²) < 4.78 is 10.8. The molecule has 0 bridgehead atoms. The first kappa shape index (κ1) is 23.8. The van der Waals surface area contributed by atoms with Crippen molar-refractivity contribution in [2.45, 2.75) is 12.8 Å². The molecule has 11 nitrogen and oxygen atoms in total. The van der Waals surface area contributed by atoms with Crippen LogP contribution in [0.5, 0.6) is 0 Å². The predicted molar refractivity (Wildman–Crippen MR) is 89.6 cm³/mol. The maximum atomic E-state index is 12.1. The van der Waals surface area contributed by atoms with E-state index in [0.29, 0.717) is 0 Å². The van der Waals surface area contributed by atoms with Gasteiger partial charge in [-0.3, -0.25) is 14.8 Å². The number of nitrogens with zero attached hydrogens (tertiary/aromatic N) is 1. The number of rotatable bonds is 6. The second-order valence-electron chi connectivity index (χ2n) is 4.83. The Hall–Kier alpha value is -3.21. The molecular formula is C15H16ClNO10. The van der Waals surface area contributed by atoms with Gasteiger partial charge in [-0.25, -0.2) is 4.79 Å². The van der Waals surface area contributed by atoms with Gasteiger partial charge in [-0.1, -0.05) is 40.0 Å². The van der Waals surface area contributed by atoms with Crippen molar-refractivity contribution < 1.29 is 39.2 Å². The Morgan fingerprint density at radius 2 is 1.74 bits per heavy atom. The molecular weight excluding hydrogens is 390 g/mol. The first-order valence-corrected chi connectivity index (χ1v) is 7.41. The van der Waals surface area contributed by atoms with E-state index in [1.165, 1.54) is 18.2 Å². The van der Waals surface area contributed by atoms with Crippen LogP contribution in [0.3, 0.4) is 0 Å². The van der Waals surface area contributed by atoms with Crippen molar-refractivity contribution in [3.05, 3.63) is 49.8 Å². The average molecular weight is 406 g/mol. The predicted octanol–water partition coefficient (Wildman–Crippen LogP) is 0.193. The van der Waals surface area contributed by atoms with Crippen LogP contribution in [0.4, 0.5) is 0 Å². The number of benzene rings is 1. The van der Waals surface area contributed by atoms with E-state index >= 15 is 0 Å². The molecule has 0 amide bonds. The molecule has 27 heavy (non-hydrogen) atoms. The fraction of sp³-hybridized carbons (Fsp3) is 0.333. The minimum Gasteiger partial charge on any atom is -0.468 e. The third kappa shape index (κ3) is 6.22. The molecule has 0 saturated heterocycles. The van der Waals surface area contributed by atoms with Gasteiger partial charge in [0.25, 0.3) is 0 Å². The summed E-state index contributed by atoms with van der Waals surface area (Å²) in [6.45, 7) is 1.09. The number of Topliss-reactive ketones (excluding diaryl/α,β-unsaturated/α-hetero) is 1. The number of esters is 2. The summed E-state index contributed by atoms with van der Waals surface area (Å²) in [5, 5.41) is 28.9. The lowest BCUT2D eigenvalue weighted by Crippen LogP contribution is -2.40. The van der Waals surface area contributed by atoms with E-state index in [4.69, 9.17) is 21.8 Å². The number of carbonyl (C=O) groups is 3. The molecule has 0 saturated carbocycles. The molecule has 1 N–H and O–H groups in total. The van der Waals surface area contributed by atoms with Crippen molar-refractivity contribution in [3.8, 4) is 0 Å². The van der Waals surface area contributed by atoms with Gasteiger partial charge in [0, 0.05) is 9.92 Å². The zero-order valence-electron chi connectivity index (χ0n) is 14.4. The molecule has 148 valence electrons. The van der Waals surface area contributed by atoms with E-state index in [-0.39, 0.29) is 10.6 Å². The monoisotopic (exact) mass is 405 g/mol. The quantitative estimate of drug-likeness (QED) is 0.101. The molecule has 0 spiro atoms. The number of hydrogen-bond donors (Lipinski definition) is 1. The second kappa shape index (κ2) is 11.4. The molecule has 0 aliphatic rings. The molecule has 0 heterocycles. The largest absolute Gasteiger partial charge is 0.468 e. The standard InChI is InChI=1S/C15H16ClNO7.O3/c1-8(18)11(14(19)23-2)12(9-6-4-5-7-10(9)16)13(17(21)22)15(20)24-3;1-3-2/h4-7,11-12H,1-3H3,(H,21,22);. The Morgan fingerprint density at radius 1 is 1.22 bits per heavy atom. The Balaban J connectivity index is 0.00000210. The minimum atomic E-state index is -1.58. The molecule has 12 heteroatoms. The van der Waals surface area contributed by atoms with Crippen molar-refractivity contribution in [2.24, 2.45) is 5.92 Å². The van der Waals surface area contributed by atoms with Gasteiger partial charge in [0.1, 0.15) is 17.6 Å². The summed E-state index contributed by atoms with van der Waals surface area (Å²) >= 11 is 6.08. The molecule has 1 rings (SSSR count). The van der Waals surface area contributed by atoms with E-state index in [1.807, 2.05) is 0 Å². The molecule has 0 radical (unpaired) electrons. The van der Waals surface area contributed by atoms with Crippen molar-refractivity contribution in [1.29, 1.82) is 0 Å². The summed E-state index contributed by atoms with van der Waals surface area (Å²) in [5.41, 5.74) is -0.753. The highest BCUT2D eigenvalue weighted by Gasteiger charge is 2.47. The minimum absolute atomic E-state index is 0.0842. The van der Waals surface area contributed by atoms with Gasteiger partial charge in [-0.15, -0.1) is 0 Å². The first-order chi connectivity index (χ1) is 12.7. The van der Waals surface area contributed by atoms with Crippen molar-refractivity contribution in [3.63, 3.8) is 0 Å². The van der Waals surface area contributed by atoms with Crippen LogP contribution >= 0.6 is 11.6 Å². The number of carbonyl (C=O) groups excluding carboxylic acids is 3. The molecule has 1 aromatic carbocycles. The second-order valence-corrected chi connectivity index (χ2v) is 5.24. The van der Waals surface area contributed by atoms with Gasteiger partial charge in [0.15, 0.2) is 4.75 Å². The van der Waals surface area contributed by atoms with Crippen LogP contribution in [0.1, 0.15) is 18.4 Å². The number of ketones is 1. The number of ether oxygens (including phenoxy) is 2. The number of hydrogen-bond acceptors (Lipinski definition) is 9. The lowest BCUT2D eigenvalue weighted by molar-refractivity contribution is -0.726. The fourth-order valence-electron chi connectivity index (χ4n) is 2.30. The molecule has 0 aliphatic carbocycles. The lowest BCUT2D eigenvalue weighted by Gasteiger charge is -2.22. The van der Waals surface area contributed by atoms with Gasteiger partial charge < -0.3 is 14.7 Å². The number of methoxy groups -OCH3 is 2. The normalized spacial score (nSPS) is 13.0. The van der Waals surface area contributed by atoms with Gasteiger partial charge in [0.2, 0.25) is 0 Å². The zero-order chi connectivity index (χ0) is 21.1. The van der Waals surface area contributed by atoms with Crippen LogP contribution in [0.15, 0.2) is 24.3 Å². The van der Waals surface area contributed by atoms with Crippen LogP contribution in [-0.4, -0.2) is 47.8 Å². The van der Waals surface area contributed by atoms with Crippen LogP contribution in [0.25, 0.3) is 0 Å². The summed E-state index contributed by atoms with van der Waals surface area (Å²) in [7, 11) is 2.03. The van der Waals surface area contributed by atoms with Gasteiger partial charge >= 0.3 is 17.7 Å². The van der Waals surface area contributed by atoms with E-state index < -0.39 is 40.2 Å². The summed E-state index contributed by atoms with van der Waals surface area (Å²) in [6, 6.07) is 5.97. The summed E-state index contributed by atoms with van der Waals surface area (Å²) in [5.74, 6) is -5.95. The van der Waals surface area contributed by atoms with Gasteiger partial charge in [0.05, 0.1) is 14.2 Å². The Morgan fingerprint density at radius 3 is 2.11 bits per heavy atom. The maximum absolute atomic E-state index is 12.1. The zero-order valence-corrected chi connectivity index (χ0v) is 15.2. The van der Waals surface area contributed by atoms with Gasteiger partial charge in [-0.05, 0) is 18.6 Å². The Labute approximate surface area is 157 Å². The maximum Gasteiger partial charge on any atom is 0.405 e. The third-order valence-corrected chi connectivity index (χ3v) is 3.71. The van der Waals surface area contributed by atoms with E-state index in [1.54, 1.807) is 10.8 Å². The van der Waals surface area contributed by atoms with Crippen molar-refractivity contribution >= 4 is 35.0 Å². The van der Waals surface area contributed by atoms with Crippen LogP contribution in [-0.2, 0) is 23.9 Å². The molecule has 2 unspecified atom stereocenters. The molecule has 2 atom stereocenters. The smallest absolute Gasteiger partial charge is 0.405 e. The highest BCUT2D eigenvalue weighted by molar-refractivity contribution is 6.39. The molecule has 0 aromatic heterocycles. The number of halogens is 1. The fourth-order valence-corrected chi connectivity index (χ4v) is 2.56. The van der Waals surface area contributed by atoms with Crippen LogP contribution in [0, 0.1) is 20.8 Å². The van der Waals surface area contributed by atoms with E-state index in [0.717, 1.165) is 21.1 Å². The SMILES string of the molecule is COC(=O)C(C(c1ccccc1Cl)C(C(C)=O)C(=O)OC)=[N+]([O-])O.O=[O+][O-]. The van der Waals surface area contributed by atoms with E-state index in [2.05, 4.69) is 9.47 Å². The molecule has 0 aliphatic heterocycles. The highest BCUT2D eigenvalue weighted by Crippen LogP contribution is 2.33. The van der Waals surface area contributed by atoms with Gasteiger partial charge in [-0.2, -0.15) is 0 Å². The van der Waals surface area contributed by atoms with Crippen molar-refractivity contribution in [2.75, 3.05) is 14.2 Å². The lowest BCUT2D eigenvalue weighted by atomic mass is 9.80. The Bertz CT molecular complexity index is 729.